The molecule has 1 aromatic carbocycles. The zero-order valence-electron chi connectivity index (χ0n) is 13.0. The van der Waals surface area contributed by atoms with Gasteiger partial charge in [0.1, 0.15) is 0 Å². The molecule has 0 spiro atoms. The van der Waals surface area contributed by atoms with Gasteiger partial charge in [0.05, 0.1) is 0 Å². The Kier molecular flexibility index (Phi) is 6.93. The van der Waals surface area contributed by atoms with E-state index in [1.54, 1.807) is 13.0 Å². The molecule has 2 amide bonds. The minimum Gasteiger partial charge on any atom is -0.316 e. The average Bonchev–Trinajstić information content (AvgIpc) is 2.38. The maximum absolute atomic E-state index is 12.6. The summed E-state index contributed by atoms with van der Waals surface area (Å²) >= 11 is 0. The summed E-state index contributed by atoms with van der Waals surface area (Å²) in [4.78, 5) is 11.4. The molecule has 0 aliphatic rings. The highest BCUT2D eigenvalue weighted by molar-refractivity contribution is 5.90. The second-order valence-corrected chi connectivity index (χ2v) is 4.57. The van der Waals surface area contributed by atoms with Gasteiger partial charge in [-0.15, -0.1) is 0 Å². The van der Waals surface area contributed by atoms with E-state index in [0.717, 1.165) is 5.32 Å². The molecule has 0 heterocycles. The van der Waals surface area contributed by atoms with Crippen LogP contribution in [0.15, 0.2) is 24.3 Å². The Morgan fingerprint density at radius 2 is 1.48 bits per heavy atom. The molecule has 3 nitrogen and oxygen atoms in total. The molecular weight excluding hydrogens is 326 g/mol. The molecule has 0 aliphatic heterocycles. The van der Waals surface area contributed by atoms with Crippen molar-refractivity contribution in [2.75, 3.05) is 5.32 Å². The number of rotatable bonds is 2. The largest absolute Gasteiger partial charge is 0.420 e. The van der Waals surface area contributed by atoms with E-state index >= 15 is 0 Å². The van der Waals surface area contributed by atoms with Crippen LogP contribution in [-0.4, -0.2) is 23.9 Å². The lowest BCUT2D eigenvalue weighted by molar-refractivity contribution is -0.297. The first kappa shape index (κ1) is 21.1. The van der Waals surface area contributed by atoms with Gasteiger partial charge in [0.15, 0.2) is 0 Å². The van der Waals surface area contributed by atoms with Crippen molar-refractivity contribution in [2.45, 2.75) is 45.6 Å². The Labute approximate surface area is 130 Å². The maximum Gasteiger partial charge on any atom is 0.420 e. The average molecular weight is 344 g/mol. The van der Waals surface area contributed by atoms with Crippen LogP contribution in [-0.2, 0) is 0 Å². The number of amides is 2. The van der Waals surface area contributed by atoms with Gasteiger partial charge >= 0.3 is 18.4 Å². The third-order valence-corrected chi connectivity index (χ3v) is 2.77. The van der Waals surface area contributed by atoms with Crippen molar-refractivity contribution in [1.82, 2.24) is 5.32 Å². The van der Waals surface area contributed by atoms with Crippen LogP contribution in [0.2, 0.25) is 0 Å². The molecule has 0 aromatic heterocycles. The van der Waals surface area contributed by atoms with E-state index in [1.807, 2.05) is 19.2 Å². The number of aryl methyl sites for hydroxylation is 1. The number of halogens is 6. The summed E-state index contributed by atoms with van der Waals surface area (Å²) in [5, 5.41) is 2.87. The topological polar surface area (TPSA) is 41.1 Å². The number of benzene rings is 1. The molecule has 0 bridgehead atoms. The molecule has 0 radical (unpaired) electrons. The van der Waals surface area contributed by atoms with Gasteiger partial charge < -0.3 is 10.6 Å². The summed E-state index contributed by atoms with van der Waals surface area (Å²) in [6, 6.07) is 4.29. The van der Waals surface area contributed by atoms with Gasteiger partial charge in [0.2, 0.25) is 5.54 Å². The highest BCUT2D eigenvalue weighted by atomic mass is 19.4. The van der Waals surface area contributed by atoms with Gasteiger partial charge in [-0.05, 0) is 31.5 Å². The highest BCUT2D eigenvalue weighted by Gasteiger charge is 2.68. The first-order valence-electron chi connectivity index (χ1n) is 6.66. The highest BCUT2D eigenvalue weighted by Crippen LogP contribution is 2.42. The van der Waals surface area contributed by atoms with E-state index in [0.29, 0.717) is 5.56 Å². The predicted molar refractivity (Wildman–Crippen MR) is 75.2 cm³/mol. The number of hydrogen-bond acceptors (Lipinski definition) is 1. The number of urea groups is 1. The quantitative estimate of drug-likeness (QED) is 0.726. The Bertz CT molecular complexity index is 511. The second-order valence-electron chi connectivity index (χ2n) is 4.57. The number of alkyl halides is 6. The van der Waals surface area contributed by atoms with E-state index in [4.69, 9.17) is 0 Å². The number of anilines is 1. The van der Waals surface area contributed by atoms with Crippen LogP contribution in [0.5, 0.6) is 0 Å². The molecule has 132 valence electrons. The van der Waals surface area contributed by atoms with E-state index in [-0.39, 0.29) is 12.6 Å². The Morgan fingerprint density at radius 1 is 1.00 bits per heavy atom. The lowest BCUT2D eigenvalue weighted by Gasteiger charge is -2.34. The smallest absolute Gasteiger partial charge is 0.316 e. The monoisotopic (exact) mass is 344 g/mol. The van der Waals surface area contributed by atoms with Gasteiger partial charge in [-0.1, -0.05) is 26.0 Å². The normalized spacial score (nSPS) is 12.1. The second kappa shape index (κ2) is 7.56. The number of hydrogen-bond donors (Lipinski definition) is 2. The zero-order valence-corrected chi connectivity index (χ0v) is 13.0. The van der Waals surface area contributed by atoms with Gasteiger partial charge in [-0.2, -0.15) is 26.3 Å². The third-order valence-electron chi connectivity index (χ3n) is 2.77. The van der Waals surface area contributed by atoms with Gasteiger partial charge in [0, 0.05) is 5.69 Å². The van der Waals surface area contributed by atoms with Crippen molar-refractivity contribution < 1.29 is 31.1 Å². The van der Waals surface area contributed by atoms with Crippen molar-refractivity contribution in [3.05, 3.63) is 29.8 Å². The van der Waals surface area contributed by atoms with Gasteiger partial charge in [0.25, 0.3) is 0 Å². The number of carbonyl (C=O) groups is 1. The summed E-state index contributed by atoms with van der Waals surface area (Å²) in [5.74, 6) is 0. The summed E-state index contributed by atoms with van der Waals surface area (Å²) < 4.78 is 75.6. The molecule has 0 atom stereocenters. The van der Waals surface area contributed by atoms with Gasteiger partial charge in [-0.25, -0.2) is 4.79 Å². The Morgan fingerprint density at radius 3 is 1.87 bits per heavy atom. The number of carbonyl (C=O) groups excluding carboxylic acids is 1. The van der Waals surface area contributed by atoms with Crippen LogP contribution in [0.3, 0.4) is 0 Å². The lowest BCUT2D eigenvalue weighted by atomic mass is 10.0. The lowest BCUT2D eigenvalue weighted by Crippen LogP contribution is -2.66. The summed E-state index contributed by atoms with van der Waals surface area (Å²) in [7, 11) is 0. The maximum atomic E-state index is 12.6. The van der Waals surface area contributed by atoms with Gasteiger partial charge in [-0.3, -0.25) is 0 Å². The minimum absolute atomic E-state index is 0.0826. The zero-order chi connectivity index (χ0) is 18.5. The number of nitrogens with one attached hydrogen (secondary N) is 2. The first-order valence-corrected chi connectivity index (χ1v) is 6.66. The summed E-state index contributed by atoms with van der Waals surface area (Å²) in [6.07, 6.45) is -11.4. The Balaban J connectivity index is 0.00000232. The molecule has 0 fully saturated rings. The van der Waals surface area contributed by atoms with E-state index in [2.05, 4.69) is 0 Å². The molecule has 0 saturated heterocycles. The summed E-state index contributed by atoms with van der Waals surface area (Å²) in [5.41, 5.74) is -3.57. The van der Waals surface area contributed by atoms with Crippen molar-refractivity contribution in [3.63, 3.8) is 0 Å². The molecular formula is C14H18F6N2O. The first-order chi connectivity index (χ1) is 10.4. The van der Waals surface area contributed by atoms with Crippen molar-refractivity contribution in [1.29, 1.82) is 0 Å². The van der Waals surface area contributed by atoms with Crippen LogP contribution in [0.1, 0.15) is 26.3 Å². The van der Waals surface area contributed by atoms with Crippen LogP contribution in [0.4, 0.5) is 36.8 Å². The van der Waals surface area contributed by atoms with E-state index < -0.39 is 23.9 Å². The fourth-order valence-corrected chi connectivity index (χ4v) is 1.41. The Hall–Kier alpha value is -1.93. The molecule has 2 N–H and O–H groups in total. The molecule has 0 aliphatic carbocycles. The molecule has 1 aromatic rings. The predicted octanol–water partition coefficient (Wildman–Crippen LogP) is 5.03. The minimum atomic E-state index is -5.69. The van der Waals surface area contributed by atoms with E-state index in [9.17, 15) is 31.1 Å². The van der Waals surface area contributed by atoms with Crippen LogP contribution in [0, 0.1) is 6.92 Å². The van der Waals surface area contributed by atoms with Crippen molar-refractivity contribution in [2.24, 2.45) is 0 Å². The van der Waals surface area contributed by atoms with Crippen LogP contribution >= 0.6 is 0 Å². The van der Waals surface area contributed by atoms with Crippen LogP contribution < -0.4 is 10.6 Å². The molecule has 9 heteroatoms. The fraction of sp³-hybridized carbons (Fsp3) is 0.500. The van der Waals surface area contributed by atoms with Crippen molar-refractivity contribution in [3.8, 4) is 0 Å². The third kappa shape index (κ3) is 5.33. The van der Waals surface area contributed by atoms with E-state index in [1.165, 1.54) is 18.2 Å². The molecule has 1 rings (SSSR count). The molecule has 23 heavy (non-hydrogen) atoms. The molecule has 0 saturated carbocycles. The SMILES string of the molecule is CC.Cc1cccc(NC(=O)NC(C)(C(F)(F)F)C(F)(F)F)c1. The summed E-state index contributed by atoms with van der Waals surface area (Å²) in [6.45, 7) is 5.52. The standard InChI is InChI=1S/C12H12F6N2O.C2H6/c1-7-4-3-5-8(6-7)19-9(21)20-10(2,11(13,14)15)12(16,17)18;1-2/h3-6H,1-2H3,(H2,19,20,21);1-2H3. The molecule has 0 unspecified atom stereocenters. The van der Waals surface area contributed by atoms with Crippen molar-refractivity contribution >= 4 is 11.7 Å². The van der Waals surface area contributed by atoms with Crippen LogP contribution in [0.25, 0.3) is 0 Å². The fourth-order valence-electron chi connectivity index (χ4n) is 1.41.